The molecule has 1 aromatic carbocycles. The summed E-state index contributed by atoms with van der Waals surface area (Å²) in [6.07, 6.45) is 7.29. The number of fused-ring (bicyclic) bond motifs is 1. The summed E-state index contributed by atoms with van der Waals surface area (Å²) in [5, 5.41) is 9.11. The lowest BCUT2D eigenvalue weighted by Crippen LogP contribution is -2.25. The summed E-state index contributed by atoms with van der Waals surface area (Å²) < 4.78 is 2.36. The van der Waals surface area contributed by atoms with Crippen LogP contribution in [0.3, 0.4) is 0 Å². The van der Waals surface area contributed by atoms with Crippen molar-refractivity contribution < 1.29 is 0 Å². The van der Waals surface area contributed by atoms with Crippen LogP contribution >= 0.6 is 0 Å². The SMILES string of the molecule is Cn1c([C@H]2CCCN2Cc2cccc(C#N)c2)nc2c1CCCC2. The van der Waals surface area contributed by atoms with Crippen LogP contribution in [0, 0.1) is 11.3 Å². The van der Waals surface area contributed by atoms with Gasteiger partial charge in [0.1, 0.15) is 5.82 Å². The monoisotopic (exact) mass is 320 g/mol. The molecule has 2 aliphatic rings. The molecule has 1 saturated heterocycles. The van der Waals surface area contributed by atoms with Crippen molar-refractivity contribution in [2.75, 3.05) is 6.54 Å². The summed E-state index contributed by atoms with van der Waals surface area (Å²) >= 11 is 0. The summed E-state index contributed by atoms with van der Waals surface area (Å²) in [7, 11) is 2.19. The van der Waals surface area contributed by atoms with Gasteiger partial charge in [0.25, 0.3) is 0 Å². The number of nitrogens with zero attached hydrogens (tertiary/aromatic N) is 4. The highest BCUT2D eigenvalue weighted by Gasteiger charge is 2.31. The van der Waals surface area contributed by atoms with Crippen LogP contribution in [0.1, 0.15) is 60.1 Å². The molecular weight excluding hydrogens is 296 g/mol. The zero-order valence-electron chi connectivity index (χ0n) is 14.3. The van der Waals surface area contributed by atoms with Crippen LogP contribution in [0.15, 0.2) is 24.3 Å². The van der Waals surface area contributed by atoms with Crippen molar-refractivity contribution >= 4 is 0 Å². The van der Waals surface area contributed by atoms with Gasteiger partial charge < -0.3 is 4.57 Å². The van der Waals surface area contributed by atoms with E-state index < -0.39 is 0 Å². The van der Waals surface area contributed by atoms with E-state index >= 15 is 0 Å². The van der Waals surface area contributed by atoms with E-state index in [0.717, 1.165) is 25.1 Å². The molecule has 0 spiro atoms. The molecule has 2 heterocycles. The summed E-state index contributed by atoms with van der Waals surface area (Å²) in [6.45, 7) is 2.01. The van der Waals surface area contributed by atoms with Crippen molar-refractivity contribution in [1.82, 2.24) is 14.5 Å². The fourth-order valence-corrected chi connectivity index (χ4v) is 4.29. The molecule has 24 heavy (non-hydrogen) atoms. The zero-order valence-corrected chi connectivity index (χ0v) is 14.3. The maximum Gasteiger partial charge on any atom is 0.126 e. The van der Waals surface area contributed by atoms with E-state index in [1.54, 1.807) is 0 Å². The summed E-state index contributed by atoms with van der Waals surface area (Å²) in [6, 6.07) is 10.6. The Hall–Kier alpha value is -2.12. The molecule has 4 rings (SSSR count). The number of likely N-dealkylation sites (tertiary alicyclic amines) is 1. The lowest BCUT2D eigenvalue weighted by Gasteiger charge is -2.24. The third kappa shape index (κ3) is 2.74. The molecule has 1 aromatic heterocycles. The minimum atomic E-state index is 0.409. The van der Waals surface area contributed by atoms with Gasteiger partial charge in [-0.15, -0.1) is 0 Å². The minimum absolute atomic E-state index is 0.409. The number of imidazole rings is 1. The molecule has 0 bridgehead atoms. The van der Waals surface area contributed by atoms with Crippen molar-refractivity contribution in [2.45, 2.75) is 51.1 Å². The Morgan fingerprint density at radius 2 is 2.12 bits per heavy atom. The van der Waals surface area contributed by atoms with E-state index in [1.807, 2.05) is 18.2 Å². The first-order valence-corrected chi connectivity index (χ1v) is 9.03. The fourth-order valence-electron chi connectivity index (χ4n) is 4.29. The predicted molar refractivity (Wildman–Crippen MR) is 93.4 cm³/mol. The molecular formula is C20H24N4. The van der Waals surface area contributed by atoms with Gasteiger partial charge in [0.15, 0.2) is 0 Å². The number of benzene rings is 1. The summed E-state index contributed by atoms with van der Waals surface area (Å²) in [5.74, 6) is 1.25. The molecule has 0 N–H and O–H groups in total. The number of hydrogen-bond acceptors (Lipinski definition) is 3. The Morgan fingerprint density at radius 3 is 2.96 bits per heavy atom. The van der Waals surface area contributed by atoms with Crippen molar-refractivity contribution in [3.63, 3.8) is 0 Å². The molecule has 1 aliphatic carbocycles. The number of aryl methyl sites for hydroxylation is 1. The van der Waals surface area contributed by atoms with E-state index in [0.29, 0.717) is 6.04 Å². The number of hydrogen-bond donors (Lipinski definition) is 0. The lowest BCUT2D eigenvalue weighted by atomic mass is 10.0. The standard InChI is InChI=1S/C20H24N4/c1-23-18-9-3-2-8-17(18)22-20(23)19-10-5-11-24(19)14-16-7-4-6-15(12-16)13-21/h4,6-7,12,19H,2-3,5,8-11,14H2,1H3/t19-/m1/s1. The molecule has 1 atom stereocenters. The molecule has 4 heteroatoms. The molecule has 2 aromatic rings. The highest BCUT2D eigenvalue weighted by molar-refractivity contribution is 5.33. The lowest BCUT2D eigenvalue weighted by molar-refractivity contribution is 0.236. The maximum atomic E-state index is 9.11. The largest absolute Gasteiger partial charge is 0.334 e. The van der Waals surface area contributed by atoms with Crippen molar-refractivity contribution in [2.24, 2.45) is 7.05 Å². The number of rotatable bonds is 3. The van der Waals surface area contributed by atoms with Crippen molar-refractivity contribution in [3.8, 4) is 6.07 Å². The Kier molecular flexibility index (Phi) is 4.12. The van der Waals surface area contributed by atoms with Gasteiger partial charge in [0.2, 0.25) is 0 Å². The Morgan fingerprint density at radius 1 is 1.25 bits per heavy atom. The molecule has 0 unspecified atom stereocenters. The highest BCUT2D eigenvalue weighted by atomic mass is 15.2. The molecule has 0 saturated carbocycles. The van der Waals surface area contributed by atoms with Crippen LogP contribution in [-0.4, -0.2) is 21.0 Å². The van der Waals surface area contributed by atoms with E-state index in [9.17, 15) is 0 Å². The third-order valence-electron chi connectivity index (χ3n) is 5.51. The maximum absolute atomic E-state index is 9.11. The molecule has 0 radical (unpaired) electrons. The smallest absolute Gasteiger partial charge is 0.126 e. The third-order valence-corrected chi connectivity index (χ3v) is 5.51. The van der Waals surface area contributed by atoms with Crippen LogP contribution in [0.2, 0.25) is 0 Å². The Balaban J connectivity index is 1.59. The van der Waals surface area contributed by atoms with Gasteiger partial charge in [-0.2, -0.15) is 5.26 Å². The van der Waals surface area contributed by atoms with Gasteiger partial charge in [-0.3, -0.25) is 4.90 Å². The molecule has 124 valence electrons. The van der Waals surface area contributed by atoms with Crippen LogP contribution in [0.4, 0.5) is 0 Å². The summed E-state index contributed by atoms with van der Waals surface area (Å²) in [5.41, 5.74) is 4.75. The number of aromatic nitrogens is 2. The first-order chi connectivity index (χ1) is 11.8. The minimum Gasteiger partial charge on any atom is -0.334 e. The topological polar surface area (TPSA) is 44.9 Å². The molecule has 1 fully saturated rings. The van der Waals surface area contributed by atoms with Gasteiger partial charge in [0, 0.05) is 19.3 Å². The molecule has 4 nitrogen and oxygen atoms in total. The van der Waals surface area contributed by atoms with Gasteiger partial charge in [-0.25, -0.2) is 4.98 Å². The Bertz CT molecular complexity index is 783. The molecule has 0 amide bonds. The highest BCUT2D eigenvalue weighted by Crippen LogP contribution is 2.34. The quantitative estimate of drug-likeness (QED) is 0.869. The van der Waals surface area contributed by atoms with E-state index in [1.165, 1.54) is 54.9 Å². The fraction of sp³-hybridized carbons (Fsp3) is 0.500. The Labute approximate surface area is 143 Å². The zero-order chi connectivity index (χ0) is 16.5. The van der Waals surface area contributed by atoms with Crippen LogP contribution < -0.4 is 0 Å². The van der Waals surface area contributed by atoms with E-state index in [-0.39, 0.29) is 0 Å². The van der Waals surface area contributed by atoms with Gasteiger partial charge in [0.05, 0.1) is 23.4 Å². The summed E-state index contributed by atoms with van der Waals surface area (Å²) in [4.78, 5) is 7.56. The second-order valence-electron chi connectivity index (χ2n) is 7.07. The van der Waals surface area contributed by atoms with Gasteiger partial charge in [-0.1, -0.05) is 12.1 Å². The van der Waals surface area contributed by atoms with Crippen LogP contribution in [0.25, 0.3) is 0 Å². The predicted octanol–water partition coefficient (Wildman–Crippen LogP) is 3.51. The average Bonchev–Trinajstić information content (AvgIpc) is 3.20. The van der Waals surface area contributed by atoms with Crippen molar-refractivity contribution in [3.05, 3.63) is 52.6 Å². The van der Waals surface area contributed by atoms with Gasteiger partial charge in [-0.05, 0) is 62.8 Å². The number of nitriles is 1. The second-order valence-corrected chi connectivity index (χ2v) is 7.07. The first-order valence-electron chi connectivity index (χ1n) is 9.03. The average molecular weight is 320 g/mol. The van der Waals surface area contributed by atoms with Crippen LogP contribution in [0.5, 0.6) is 0 Å². The molecule has 1 aliphatic heterocycles. The van der Waals surface area contributed by atoms with E-state index in [4.69, 9.17) is 10.2 Å². The van der Waals surface area contributed by atoms with Gasteiger partial charge >= 0.3 is 0 Å². The van der Waals surface area contributed by atoms with E-state index in [2.05, 4.69) is 28.7 Å². The van der Waals surface area contributed by atoms with Crippen molar-refractivity contribution in [1.29, 1.82) is 5.26 Å². The second kappa shape index (κ2) is 6.41. The first kappa shape index (κ1) is 15.4. The normalized spacial score (nSPS) is 20.8. The van der Waals surface area contributed by atoms with Crippen LogP contribution in [-0.2, 0) is 26.4 Å².